The summed E-state index contributed by atoms with van der Waals surface area (Å²) in [5.41, 5.74) is 3.54. The number of aromatic nitrogens is 1. The molecular formula is C23H22F2N4O4S. The number of anilines is 1. The highest BCUT2D eigenvalue weighted by Gasteiger charge is 2.18. The maximum absolute atomic E-state index is 12.4. The summed E-state index contributed by atoms with van der Waals surface area (Å²) in [5, 5.41) is 9.50. The quantitative estimate of drug-likeness (QED) is 0.384. The lowest BCUT2D eigenvalue weighted by Crippen LogP contribution is -2.25. The second-order valence-electron chi connectivity index (χ2n) is 7.23. The number of methoxy groups -OCH3 is 1. The molecule has 0 radical (unpaired) electrons. The summed E-state index contributed by atoms with van der Waals surface area (Å²) in [4.78, 5) is 17.0. The van der Waals surface area contributed by atoms with Gasteiger partial charge in [-0.15, -0.1) is 11.3 Å². The molecule has 2 aromatic carbocycles. The second kappa shape index (κ2) is 10.6. The van der Waals surface area contributed by atoms with Crippen LogP contribution in [0.2, 0.25) is 0 Å². The van der Waals surface area contributed by atoms with Crippen LogP contribution in [-0.2, 0) is 9.53 Å². The number of nitrogens with one attached hydrogen (secondary N) is 1. The summed E-state index contributed by atoms with van der Waals surface area (Å²) < 4.78 is 41.6. The lowest BCUT2D eigenvalue weighted by Gasteiger charge is -2.18. The minimum atomic E-state index is -2.88. The minimum absolute atomic E-state index is 0.0159. The van der Waals surface area contributed by atoms with Crippen LogP contribution in [0.15, 0.2) is 57.9 Å². The number of thiazole rings is 1. The van der Waals surface area contributed by atoms with Gasteiger partial charge in [0.2, 0.25) is 4.80 Å². The van der Waals surface area contributed by atoms with Gasteiger partial charge in [0.1, 0.15) is 11.5 Å². The Morgan fingerprint density at radius 1 is 1.26 bits per heavy atom. The summed E-state index contributed by atoms with van der Waals surface area (Å²) >= 11 is 1.42. The number of fused-ring (bicyclic) bond motifs is 1. The first-order valence-corrected chi connectivity index (χ1v) is 11.2. The van der Waals surface area contributed by atoms with Gasteiger partial charge in [0.15, 0.2) is 6.61 Å². The molecule has 1 N–H and O–H groups in total. The van der Waals surface area contributed by atoms with Crippen LogP contribution in [0, 0.1) is 0 Å². The molecular weight excluding hydrogens is 466 g/mol. The standard InChI is InChI=1S/C23H22F2N4O4S/c1-14(15-3-6-17(7-4-15)33-22(24)25)28-29-19(13-34-23(29)26-9-10-31-2)16-5-8-20-18(11-16)27-21(30)12-32-20/h3-8,11,13,22H,9-10,12H2,1-2H3,(H,27,30). The summed E-state index contributed by atoms with van der Waals surface area (Å²) in [6.07, 6.45) is 0. The van der Waals surface area contributed by atoms with Gasteiger partial charge in [-0.25, -0.2) is 4.68 Å². The average Bonchev–Trinajstić information content (AvgIpc) is 3.21. The molecule has 11 heteroatoms. The Hall–Kier alpha value is -3.57. The summed E-state index contributed by atoms with van der Waals surface area (Å²) in [6, 6.07) is 11.8. The fourth-order valence-electron chi connectivity index (χ4n) is 3.26. The molecule has 1 aliphatic rings. The number of rotatable bonds is 8. The molecule has 0 saturated heterocycles. The molecule has 1 aliphatic heterocycles. The molecule has 2 heterocycles. The summed E-state index contributed by atoms with van der Waals surface area (Å²) in [5.74, 6) is 0.455. The van der Waals surface area contributed by atoms with Crippen molar-refractivity contribution in [1.29, 1.82) is 0 Å². The van der Waals surface area contributed by atoms with Crippen molar-refractivity contribution < 1.29 is 27.8 Å². The van der Waals surface area contributed by atoms with E-state index >= 15 is 0 Å². The first-order chi connectivity index (χ1) is 16.4. The third-order valence-electron chi connectivity index (χ3n) is 4.88. The van der Waals surface area contributed by atoms with Crippen molar-refractivity contribution >= 4 is 28.6 Å². The predicted molar refractivity (Wildman–Crippen MR) is 125 cm³/mol. The molecule has 3 aromatic rings. The van der Waals surface area contributed by atoms with E-state index in [1.54, 1.807) is 30.0 Å². The normalized spacial score (nSPS) is 14.1. The van der Waals surface area contributed by atoms with E-state index in [-0.39, 0.29) is 18.3 Å². The Labute approximate surface area is 198 Å². The fraction of sp³-hybridized carbons (Fsp3) is 0.261. The number of hydrogen-bond donors (Lipinski definition) is 1. The Balaban J connectivity index is 1.73. The zero-order valence-corrected chi connectivity index (χ0v) is 19.3. The largest absolute Gasteiger partial charge is 0.482 e. The number of ether oxygens (including phenoxy) is 3. The number of halogens is 2. The maximum Gasteiger partial charge on any atom is 0.387 e. The number of carbonyl (C=O) groups is 1. The molecule has 1 aromatic heterocycles. The maximum atomic E-state index is 12.4. The van der Waals surface area contributed by atoms with Gasteiger partial charge < -0.3 is 19.5 Å². The van der Waals surface area contributed by atoms with Gasteiger partial charge in [-0.3, -0.25) is 9.79 Å². The van der Waals surface area contributed by atoms with Crippen molar-refractivity contribution in [3.05, 3.63) is 58.2 Å². The Morgan fingerprint density at radius 2 is 2.06 bits per heavy atom. The van der Waals surface area contributed by atoms with E-state index in [9.17, 15) is 13.6 Å². The lowest BCUT2D eigenvalue weighted by atomic mass is 10.1. The number of hydrogen-bond acceptors (Lipinski definition) is 7. The zero-order valence-electron chi connectivity index (χ0n) is 18.5. The fourth-order valence-corrected chi connectivity index (χ4v) is 4.12. The van der Waals surface area contributed by atoms with Crippen LogP contribution >= 0.6 is 11.3 Å². The molecule has 0 atom stereocenters. The Morgan fingerprint density at radius 3 is 2.79 bits per heavy atom. The highest BCUT2D eigenvalue weighted by molar-refractivity contribution is 7.07. The number of benzene rings is 2. The SMILES string of the molecule is COCCN=c1scc(-c2ccc3c(c2)NC(=O)CO3)n1N=C(C)c1ccc(OC(F)F)cc1. The molecule has 8 nitrogen and oxygen atoms in total. The first kappa shape index (κ1) is 23.6. The molecule has 0 unspecified atom stereocenters. The Bertz CT molecular complexity index is 1270. The summed E-state index contributed by atoms with van der Waals surface area (Å²) in [6.45, 7) is -0.162. The van der Waals surface area contributed by atoms with Crippen molar-refractivity contribution in [3.63, 3.8) is 0 Å². The van der Waals surface area contributed by atoms with Gasteiger partial charge in [-0.05, 0) is 55.0 Å². The molecule has 0 aliphatic carbocycles. The lowest BCUT2D eigenvalue weighted by molar-refractivity contribution is -0.118. The molecule has 178 valence electrons. The van der Waals surface area contributed by atoms with Crippen molar-refractivity contribution in [2.75, 3.05) is 32.2 Å². The van der Waals surface area contributed by atoms with Crippen LogP contribution in [0.4, 0.5) is 14.5 Å². The van der Waals surface area contributed by atoms with Crippen LogP contribution in [-0.4, -0.2) is 49.8 Å². The van der Waals surface area contributed by atoms with Crippen LogP contribution < -0.4 is 19.6 Å². The van der Waals surface area contributed by atoms with E-state index in [0.717, 1.165) is 16.8 Å². The van der Waals surface area contributed by atoms with E-state index < -0.39 is 6.61 Å². The highest BCUT2D eigenvalue weighted by atomic mass is 32.1. The first-order valence-electron chi connectivity index (χ1n) is 10.3. The molecule has 1 amide bonds. The highest BCUT2D eigenvalue weighted by Crippen LogP contribution is 2.33. The van der Waals surface area contributed by atoms with E-state index in [4.69, 9.17) is 14.6 Å². The van der Waals surface area contributed by atoms with E-state index in [2.05, 4.69) is 15.0 Å². The Kier molecular flexibility index (Phi) is 7.33. The van der Waals surface area contributed by atoms with Crippen LogP contribution in [0.1, 0.15) is 12.5 Å². The average molecular weight is 489 g/mol. The number of alkyl halides is 2. The van der Waals surface area contributed by atoms with E-state index in [0.29, 0.717) is 35.1 Å². The molecule has 0 bridgehead atoms. The van der Waals surface area contributed by atoms with E-state index in [1.807, 2.05) is 24.4 Å². The summed E-state index contributed by atoms with van der Waals surface area (Å²) in [7, 11) is 1.61. The van der Waals surface area contributed by atoms with Crippen LogP contribution in [0.3, 0.4) is 0 Å². The smallest absolute Gasteiger partial charge is 0.387 e. The molecule has 0 fully saturated rings. The van der Waals surface area contributed by atoms with Crippen LogP contribution in [0.5, 0.6) is 11.5 Å². The van der Waals surface area contributed by atoms with Crippen molar-refractivity contribution in [2.24, 2.45) is 10.1 Å². The predicted octanol–water partition coefficient (Wildman–Crippen LogP) is 3.97. The van der Waals surface area contributed by atoms with E-state index in [1.165, 1.54) is 23.5 Å². The van der Waals surface area contributed by atoms with Crippen molar-refractivity contribution in [3.8, 4) is 22.8 Å². The number of amides is 1. The molecule has 4 rings (SSSR count). The second-order valence-corrected chi connectivity index (χ2v) is 8.06. The third-order valence-corrected chi connectivity index (χ3v) is 5.74. The van der Waals surface area contributed by atoms with Gasteiger partial charge in [0.25, 0.3) is 5.91 Å². The number of carbonyl (C=O) groups excluding carboxylic acids is 1. The number of nitrogens with zero attached hydrogens (tertiary/aromatic N) is 3. The zero-order chi connectivity index (χ0) is 24.1. The third kappa shape index (κ3) is 5.49. The molecule has 34 heavy (non-hydrogen) atoms. The molecule has 0 saturated carbocycles. The minimum Gasteiger partial charge on any atom is -0.482 e. The van der Waals surface area contributed by atoms with Gasteiger partial charge in [0, 0.05) is 18.1 Å². The van der Waals surface area contributed by atoms with Gasteiger partial charge in [-0.2, -0.15) is 13.9 Å². The monoisotopic (exact) mass is 488 g/mol. The topological polar surface area (TPSA) is 86.4 Å². The van der Waals surface area contributed by atoms with Gasteiger partial charge >= 0.3 is 6.61 Å². The van der Waals surface area contributed by atoms with Gasteiger partial charge in [-0.1, -0.05) is 0 Å². The van der Waals surface area contributed by atoms with Crippen LogP contribution in [0.25, 0.3) is 11.3 Å². The molecule has 0 spiro atoms. The van der Waals surface area contributed by atoms with Crippen molar-refractivity contribution in [1.82, 2.24) is 4.68 Å². The van der Waals surface area contributed by atoms with Gasteiger partial charge in [0.05, 0.1) is 30.2 Å². The van der Waals surface area contributed by atoms with Crippen molar-refractivity contribution in [2.45, 2.75) is 13.5 Å².